The second-order valence-corrected chi connectivity index (χ2v) is 2.42. The lowest BCUT2D eigenvalue weighted by Crippen LogP contribution is -2.16. The molecule has 0 aliphatic heterocycles. The number of amides is 1. The maximum atomic E-state index is 11.3. The molecule has 1 amide bonds. The Balaban J connectivity index is 2.54. The van der Waals surface area contributed by atoms with Gasteiger partial charge in [-0.2, -0.15) is 0 Å². The molecule has 0 aromatic heterocycles. The molecule has 1 rings (SSSR count). The summed E-state index contributed by atoms with van der Waals surface area (Å²) >= 11 is 0. The summed E-state index contributed by atoms with van der Waals surface area (Å²) in [6, 6.07) is 8.89. The molecule has 0 spiro atoms. The molecule has 13 heavy (non-hydrogen) atoms. The topological polar surface area (TPSA) is 49.3 Å². The Hall–Kier alpha value is -1.61. The van der Waals surface area contributed by atoms with Gasteiger partial charge in [0.1, 0.15) is 0 Å². The fourth-order valence-electron chi connectivity index (χ4n) is 0.860. The molecule has 0 saturated carbocycles. The van der Waals surface area contributed by atoms with Crippen LogP contribution in [-0.4, -0.2) is 17.6 Å². The van der Waals surface area contributed by atoms with Crippen molar-refractivity contribution in [1.82, 2.24) is 5.32 Å². The smallest absolute Gasteiger partial charge is 0.255 e. The van der Waals surface area contributed by atoms with Crippen LogP contribution in [-0.2, 0) is 0 Å². The van der Waals surface area contributed by atoms with Gasteiger partial charge in [0.2, 0.25) is 0 Å². The summed E-state index contributed by atoms with van der Waals surface area (Å²) in [5, 5.41) is 10.9. The number of carbonyl (C=O) groups excluding carboxylic acids is 1. The Morgan fingerprint density at radius 2 is 2.08 bits per heavy atom. The minimum absolute atomic E-state index is 0.0743. The number of hydrogen-bond donors (Lipinski definition) is 2. The Bertz CT molecular complexity index is 293. The van der Waals surface area contributed by atoms with Crippen LogP contribution in [0.15, 0.2) is 42.6 Å². The fourth-order valence-corrected chi connectivity index (χ4v) is 0.860. The van der Waals surface area contributed by atoms with Gasteiger partial charge in [0.05, 0.1) is 6.61 Å². The fraction of sp³-hybridized carbons (Fsp3) is 0.100. The van der Waals surface area contributed by atoms with Crippen LogP contribution in [0.5, 0.6) is 0 Å². The molecule has 0 atom stereocenters. The minimum atomic E-state index is -0.176. The first-order valence-electron chi connectivity index (χ1n) is 3.96. The highest BCUT2D eigenvalue weighted by Gasteiger charge is 1.99. The van der Waals surface area contributed by atoms with Crippen molar-refractivity contribution in [1.29, 1.82) is 0 Å². The average molecular weight is 177 g/mol. The summed E-state index contributed by atoms with van der Waals surface area (Å²) in [7, 11) is 0. The SMILES string of the molecule is O=C(NC=CCO)c1ccccc1. The van der Waals surface area contributed by atoms with E-state index in [0.717, 1.165) is 0 Å². The molecule has 0 aliphatic rings. The van der Waals surface area contributed by atoms with E-state index in [0.29, 0.717) is 5.56 Å². The molecule has 2 N–H and O–H groups in total. The van der Waals surface area contributed by atoms with E-state index < -0.39 is 0 Å². The van der Waals surface area contributed by atoms with Crippen LogP contribution in [0.4, 0.5) is 0 Å². The molecule has 0 unspecified atom stereocenters. The average Bonchev–Trinajstić information content (AvgIpc) is 2.19. The summed E-state index contributed by atoms with van der Waals surface area (Å²) in [6.45, 7) is -0.0743. The van der Waals surface area contributed by atoms with Crippen molar-refractivity contribution < 1.29 is 9.90 Å². The largest absolute Gasteiger partial charge is 0.392 e. The van der Waals surface area contributed by atoms with E-state index >= 15 is 0 Å². The lowest BCUT2D eigenvalue weighted by Gasteiger charge is -1.98. The standard InChI is InChI=1S/C10H11NO2/c12-8-4-7-11-10(13)9-5-2-1-3-6-9/h1-7,12H,8H2,(H,11,13). The zero-order valence-corrected chi connectivity index (χ0v) is 7.10. The minimum Gasteiger partial charge on any atom is -0.392 e. The van der Waals surface area contributed by atoms with Gasteiger partial charge in [-0.05, 0) is 18.2 Å². The first-order chi connectivity index (χ1) is 6.34. The molecule has 68 valence electrons. The predicted octanol–water partition coefficient (Wildman–Crippen LogP) is 0.922. The third-order valence-corrected chi connectivity index (χ3v) is 1.47. The van der Waals surface area contributed by atoms with Crippen LogP contribution in [0, 0.1) is 0 Å². The molecule has 3 nitrogen and oxygen atoms in total. The summed E-state index contributed by atoms with van der Waals surface area (Å²) in [5.74, 6) is -0.176. The molecule has 0 fully saturated rings. The Morgan fingerprint density at radius 3 is 2.69 bits per heavy atom. The lowest BCUT2D eigenvalue weighted by molar-refractivity contribution is 0.0970. The number of benzene rings is 1. The van der Waals surface area contributed by atoms with E-state index in [2.05, 4.69) is 5.32 Å². The number of rotatable bonds is 3. The van der Waals surface area contributed by atoms with Crippen molar-refractivity contribution in [2.75, 3.05) is 6.61 Å². The Labute approximate surface area is 76.7 Å². The van der Waals surface area contributed by atoms with Crippen LogP contribution in [0.3, 0.4) is 0 Å². The Kier molecular flexibility index (Phi) is 3.73. The summed E-state index contributed by atoms with van der Waals surface area (Å²) in [4.78, 5) is 11.3. The lowest BCUT2D eigenvalue weighted by atomic mass is 10.2. The molecule has 1 aromatic carbocycles. The first-order valence-corrected chi connectivity index (χ1v) is 3.96. The van der Waals surface area contributed by atoms with Crippen molar-refractivity contribution in [2.45, 2.75) is 0 Å². The zero-order valence-electron chi connectivity index (χ0n) is 7.10. The second-order valence-electron chi connectivity index (χ2n) is 2.42. The summed E-state index contributed by atoms with van der Waals surface area (Å²) < 4.78 is 0. The predicted molar refractivity (Wildman–Crippen MR) is 50.1 cm³/mol. The van der Waals surface area contributed by atoms with Gasteiger partial charge >= 0.3 is 0 Å². The first kappa shape index (κ1) is 9.48. The van der Waals surface area contributed by atoms with Crippen molar-refractivity contribution in [3.8, 4) is 0 Å². The third-order valence-electron chi connectivity index (χ3n) is 1.47. The highest BCUT2D eigenvalue weighted by molar-refractivity contribution is 5.94. The summed E-state index contributed by atoms with van der Waals surface area (Å²) in [5.41, 5.74) is 0.602. The molecular weight excluding hydrogens is 166 g/mol. The second kappa shape index (κ2) is 5.11. The number of hydrogen-bond acceptors (Lipinski definition) is 2. The molecule has 0 bridgehead atoms. The third kappa shape index (κ3) is 3.09. The number of carbonyl (C=O) groups is 1. The van der Waals surface area contributed by atoms with Gasteiger partial charge in [0.15, 0.2) is 0 Å². The van der Waals surface area contributed by atoms with Gasteiger partial charge in [-0.15, -0.1) is 0 Å². The van der Waals surface area contributed by atoms with E-state index in [1.54, 1.807) is 24.3 Å². The van der Waals surface area contributed by atoms with Gasteiger partial charge in [-0.1, -0.05) is 18.2 Å². The van der Waals surface area contributed by atoms with Crippen molar-refractivity contribution in [3.63, 3.8) is 0 Å². The quantitative estimate of drug-likeness (QED) is 0.721. The molecular formula is C10H11NO2. The normalized spacial score (nSPS) is 10.2. The van der Waals surface area contributed by atoms with Gasteiger partial charge < -0.3 is 10.4 Å². The zero-order chi connectivity index (χ0) is 9.52. The van der Waals surface area contributed by atoms with Crippen LogP contribution in [0.25, 0.3) is 0 Å². The highest BCUT2D eigenvalue weighted by Crippen LogP contribution is 1.97. The van der Waals surface area contributed by atoms with Gasteiger partial charge in [0, 0.05) is 11.8 Å². The molecule has 0 radical (unpaired) electrons. The molecule has 3 heteroatoms. The maximum absolute atomic E-state index is 11.3. The van der Waals surface area contributed by atoms with Crippen LogP contribution in [0.1, 0.15) is 10.4 Å². The monoisotopic (exact) mass is 177 g/mol. The number of nitrogens with one attached hydrogen (secondary N) is 1. The van der Waals surface area contributed by atoms with E-state index in [1.807, 2.05) is 6.07 Å². The van der Waals surface area contributed by atoms with E-state index in [4.69, 9.17) is 5.11 Å². The van der Waals surface area contributed by atoms with Crippen molar-refractivity contribution in [3.05, 3.63) is 48.2 Å². The highest BCUT2D eigenvalue weighted by atomic mass is 16.2. The van der Waals surface area contributed by atoms with Crippen LogP contribution in [0.2, 0.25) is 0 Å². The van der Waals surface area contributed by atoms with Gasteiger partial charge in [0.25, 0.3) is 5.91 Å². The van der Waals surface area contributed by atoms with Crippen molar-refractivity contribution >= 4 is 5.91 Å². The Morgan fingerprint density at radius 1 is 1.38 bits per heavy atom. The maximum Gasteiger partial charge on any atom is 0.255 e. The van der Waals surface area contributed by atoms with E-state index in [-0.39, 0.29) is 12.5 Å². The van der Waals surface area contributed by atoms with E-state index in [1.165, 1.54) is 12.3 Å². The molecule has 0 heterocycles. The van der Waals surface area contributed by atoms with E-state index in [9.17, 15) is 4.79 Å². The van der Waals surface area contributed by atoms with Gasteiger partial charge in [-0.25, -0.2) is 0 Å². The summed E-state index contributed by atoms with van der Waals surface area (Å²) in [6.07, 6.45) is 2.89. The number of aliphatic hydroxyl groups is 1. The van der Waals surface area contributed by atoms with Crippen LogP contribution < -0.4 is 5.32 Å². The molecule has 0 aliphatic carbocycles. The van der Waals surface area contributed by atoms with Crippen molar-refractivity contribution in [2.24, 2.45) is 0 Å². The number of aliphatic hydroxyl groups excluding tert-OH is 1. The van der Waals surface area contributed by atoms with Crippen LogP contribution >= 0.6 is 0 Å². The molecule has 1 aromatic rings. The van der Waals surface area contributed by atoms with Gasteiger partial charge in [-0.3, -0.25) is 4.79 Å². The molecule has 0 saturated heterocycles.